The van der Waals surface area contributed by atoms with E-state index in [1.165, 1.54) is 19.3 Å². The lowest BCUT2D eigenvalue weighted by Gasteiger charge is -2.23. The van der Waals surface area contributed by atoms with Gasteiger partial charge in [0.15, 0.2) is 5.84 Å². The van der Waals surface area contributed by atoms with E-state index in [4.69, 9.17) is 16.3 Å². The molecular formula is C19H20ClN3O. The molecule has 1 aliphatic carbocycles. The first-order valence-corrected chi connectivity index (χ1v) is 8.89. The molecule has 1 saturated carbocycles. The summed E-state index contributed by atoms with van der Waals surface area (Å²) >= 11 is 6.41. The van der Waals surface area contributed by atoms with E-state index in [0.29, 0.717) is 17.7 Å². The Bertz CT molecular complexity index is 769. The minimum atomic E-state index is 0.297. The number of aliphatic imine (C=N–C) groups is 1. The third kappa shape index (κ3) is 3.24. The summed E-state index contributed by atoms with van der Waals surface area (Å²) in [5.74, 6) is 1.56. The van der Waals surface area contributed by atoms with E-state index in [-0.39, 0.29) is 0 Å². The van der Waals surface area contributed by atoms with Gasteiger partial charge in [0.1, 0.15) is 11.4 Å². The van der Waals surface area contributed by atoms with Crippen molar-refractivity contribution in [1.82, 2.24) is 4.98 Å². The number of ether oxygens (including phenoxy) is 1. The number of anilines is 1. The molecule has 4 rings (SSSR count). The fourth-order valence-electron chi connectivity index (χ4n) is 3.29. The number of amidine groups is 1. The molecule has 1 N–H and O–H groups in total. The summed E-state index contributed by atoms with van der Waals surface area (Å²) in [6.45, 7) is 0.669. The predicted octanol–water partition coefficient (Wildman–Crippen LogP) is 4.82. The summed E-state index contributed by atoms with van der Waals surface area (Å²) < 4.78 is 6.06. The van der Waals surface area contributed by atoms with E-state index in [0.717, 1.165) is 41.4 Å². The van der Waals surface area contributed by atoms with E-state index in [2.05, 4.69) is 21.4 Å². The second-order valence-electron chi connectivity index (χ2n) is 6.32. The normalized spacial score (nSPS) is 17.3. The number of fused-ring (bicyclic) bond motifs is 1. The van der Waals surface area contributed by atoms with Gasteiger partial charge in [-0.25, -0.2) is 0 Å². The van der Waals surface area contributed by atoms with Crippen molar-refractivity contribution < 1.29 is 4.74 Å². The van der Waals surface area contributed by atoms with Crippen molar-refractivity contribution in [3.05, 3.63) is 52.8 Å². The summed E-state index contributed by atoms with van der Waals surface area (Å²) in [5, 5.41) is 3.95. The maximum absolute atomic E-state index is 6.41. The zero-order chi connectivity index (χ0) is 16.4. The first-order valence-electron chi connectivity index (χ1n) is 8.51. The van der Waals surface area contributed by atoms with Crippen molar-refractivity contribution >= 4 is 23.1 Å². The lowest BCUT2D eigenvalue weighted by molar-refractivity contribution is 0.155. The van der Waals surface area contributed by atoms with Crippen molar-refractivity contribution in [1.29, 1.82) is 0 Å². The molecule has 0 spiro atoms. The Morgan fingerprint density at radius 2 is 2.00 bits per heavy atom. The predicted molar refractivity (Wildman–Crippen MR) is 97.1 cm³/mol. The average molecular weight is 342 g/mol. The summed E-state index contributed by atoms with van der Waals surface area (Å²) in [6, 6.07) is 9.80. The third-order valence-electron chi connectivity index (χ3n) is 4.56. The fraction of sp³-hybridized carbons (Fsp3) is 0.368. The van der Waals surface area contributed by atoms with Crippen LogP contribution in [0.15, 0.2) is 41.5 Å². The molecule has 4 nitrogen and oxygen atoms in total. The molecule has 2 aromatic rings. The number of hydrogen-bond donors (Lipinski definition) is 1. The van der Waals surface area contributed by atoms with Gasteiger partial charge in [-0.15, -0.1) is 0 Å². The van der Waals surface area contributed by atoms with Crippen molar-refractivity contribution in [3.63, 3.8) is 0 Å². The number of hydrogen-bond acceptors (Lipinski definition) is 4. The number of benzene rings is 1. The van der Waals surface area contributed by atoms with Crippen LogP contribution >= 0.6 is 11.6 Å². The number of pyridine rings is 1. The highest BCUT2D eigenvalue weighted by molar-refractivity contribution is 6.32. The van der Waals surface area contributed by atoms with Gasteiger partial charge in [0.2, 0.25) is 0 Å². The Hall–Kier alpha value is -2.07. The molecule has 1 fully saturated rings. The molecule has 0 saturated heterocycles. The zero-order valence-electron chi connectivity index (χ0n) is 13.5. The zero-order valence-corrected chi connectivity index (χ0v) is 14.2. The van der Waals surface area contributed by atoms with Crippen LogP contribution in [-0.2, 0) is 6.54 Å². The molecule has 0 unspecified atom stereocenters. The van der Waals surface area contributed by atoms with Gasteiger partial charge in [-0.2, -0.15) is 0 Å². The molecule has 2 aliphatic rings. The smallest absolute Gasteiger partial charge is 0.152 e. The van der Waals surface area contributed by atoms with E-state index < -0.39 is 0 Å². The van der Waals surface area contributed by atoms with Gasteiger partial charge >= 0.3 is 0 Å². The number of halogens is 1. The van der Waals surface area contributed by atoms with Crippen LogP contribution in [0.25, 0.3) is 0 Å². The van der Waals surface area contributed by atoms with Crippen LogP contribution in [0.5, 0.6) is 5.75 Å². The molecule has 2 heterocycles. The second-order valence-corrected chi connectivity index (χ2v) is 6.73. The maximum atomic E-state index is 6.41. The molecular weight excluding hydrogens is 322 g/mol. The highest BCUT2D eigenvalue weighted by atomic mass is 35.5. The minimum Gasteiger partial charge on any atom is -0.489 e. The number of aromatic nitrogens is 1. The molecule has 1 aromatic heterocycles. The van der Waals surface area contributed by atoms with Gasteiger partial charge in [-0.1, -0.05) is 24.1 Å². The number of nitrogens with zero attached hydrogens (tertiary/aromatic N) is 2. The van der Waals surface area contributed by atoms with E-state index in [1.54, 1.807) is 6.20 Å². The Labute approximate surface area is 146 Å². The topological polar surface area (TPSA) is 46.5 Å². The van der Waals surface area contributed by atoms with Crippen molar-refractivity contribution in [2.75, 3.05) is 5.32 Å². The van der Waals surface area contributed by atoms with Crippen LogP contribution in [0.2, 0.25) is 5.02 Å². The fourth-order valence-corrected chi connectivity index (χ4v) is 3.52. The molecule has 1 aliphatic heterocycles. The average Bonchev–Trinajstić information content (AvgIpc) is 3.01. The molecule has 24 heavy (non-hydrogen) atoms. The van der Waals surface area contributed by atoms with Crippen LogP contribution in [0.1, 0.15) is 43.4 Å². The summed E-state index contributed by atoms with van der Waals surface area (Å²) in [7, 11) is 0. The first kappa shape index (κ1) is 15.5. The van der Waals surface area contributed by atoms with Crippen LogP contribution in [0.4, 0.5) is 5.69 Å². The largest absolute Gasteiger partial charge is 0.489 e. The van der Waals surface area contributed by atoms with E-state index in [9.17, 15) is 0 Å². The Balaban J connectivity index is 1.46. The monoisotopic (exact) mass is 341 g/mol. The van der Waals surface area contributed by atoms with E-state index >= 15 is 0 Å². The molecule has 5 heteroatoms. The quantitative estimate of drug-likeness (QED) is 0.870. The lowest BCUT2D eigenvalue weighted by Crippen LogP contribution is -2.19. The van der Waals surface area contributed by atoms with Gasteiger partial charge in [0.05, 0.1) is 17.7 Å². The molecule has 1 aromatic carbocycles. The first-order chi connectivity index (χ1) is 11.8. The van der Waals surface area contributed by atoms with Crippen LogP contribution in [-0.4, -0.2) is 16.9 Å². The highest BCUT2D eigenvalue weighted by Gasteiger charge is 2.18. The highest BCUT2D eigenvalue weighted by Crippen LogP contribution is 2.31. The van der Waals surface area contributed by atoms with Gasteiger partial charge in [0.25, 0.3) is 0 Å². The molecule has 0 amide bonds. The Morgan fingerprint density at radius 3 is 2.83 bits per heavy atom. The summed E-state index contributed by atoms with van der Waals surface area (Å²) in [4.78, 5) is 8.92. The molecule has 0 bridgehead atoms. The SMILES string of the molecule is Clc1cc(NC2=NCc3cccnc32)ccc1OC1CCCCC1. The van der Waals surface area contributed by atoms with Gasteiger partial charge in [-0.3, -0.25) is 9.98 Å². The van der Waals surface area contributed by atoms with Crippen LogP contribution in [0, 0.1) is 0 Å². The standard InChI is InChI=1S/C19H20ClN3O/c20-16-11-14(8-9-17(16)24-15-6-2-1-3-7-15)23-19-18-13(12-22-19)5-4-10-21-18/h4-5,8-11,15H,1-3,6-7,12H2,(H,22,23). The Morgan fingerprint density at radius 1 is 1.12 bits per heavy atom. The van der Waals surface area contributed by atoms with Gasteiger partial charge in [0, 0.05) is 17.4 Å². The van der Waals surface area contributed by atoms with Crippen molar-refractivity contribution in [2.24, 2.45) is 4.99 Å². The molecule has 0 atom stereocenters. The van der Waals surface area contributed by atoms with Gasteiger partial charge < -0.3 is 10.1 Å². The van der Waals surface area contributed by atoms with Crippen molar-refractivity contribution in [2.45, 2.75) is 44.8 Å². The Kier molecular flexibility index (Phi) is 4.39. The second kappa shape index (κ2) is 6.81. The molecule has 124 valence electrons. The third-order valence-corrected chi connectivity index (χ3v) is 4.86. The summed E-state index contributed by atoms with van der Waals surface area (Å²) in [5.41, 5.74) is 2.95. The lowest BCUT2D eigenvalue weighted by atomic mass is 9.98. The van der Waals surface area contributed by atoms with E-state index in [1.807, 2.05) is 24.3 Å². The number of rotatable bonds is 3. The molecule has 0 radical (unpaired) electrons. The van der Waals surface area contributed by atoms with Crippen LogP contribution in [0.3, 0.4) is 0 Å². The number of nitrogens with one attached hydrogen (secondary N) is 1. The minimum absolute atomic E-state index is 0.297. The maximum Gasteiger partial charge on any atom is 0.152 e. The van der Waals surface area contributed by atoms with Crippen LogP contribution < -0.4 is 10.1 Å². The summed E-state index contributed by atoms with van der Waals surface area (Å²) in [6.07, 6.45) is 8.13. The van der Waals surface area contributed by atoms with Crippen molar-refractivity contribution in [3.8, 4) is 5.75 Å². The van der Waals surface area contributed by atoms with Gasteiger partial charge in [-0.05, 0) is 49.9 Å².